The van der Waals surface area contributed by atoms with Crippen molar-refractivity contribution < 1.29 is 17.9 Å². The number of ether oxygens (including phenoxy) is 1. The summed E-state index contributed by atoms with van der Waals surface area (Å²) in [6.45, 7) is 1.77. The molecule has 0 radical (unpaired) electrons. The van der Waals surface area contributed by atoms with Gasteiger partial charge in [-0.05, 0) is 23.8 Å². The van der Waals surface area contributed by atoms with Gasteiger partial charge in [-0.1, -0.05) is 12.1 Å². The van der Waals surface area contributed by atoms with Gasteiger partial charge < -0.3 is 10.1 Å². The van der Waals surface area contributed by atoms with Gasteiger partial charge in [0.25, 0.3) is 5.91 Å². The van der Waals surface area contributed by atoms with Crippen molar-refractivity contribution in [1.82, 2.24) is 19.4 Å². The number of carbonyl (C=O) groups is 1. The lowest BCUT2D eigenvalue weighted by Gasteiger charge is -2.31. The van der Waals surface area contributed by atoms with E-state index >= 15 is 0 Å². The molecule has 1 aromatic heterocycles. The molecule has 1 aliphatic heterocycles. The van der Waals surface area contributed by atoms with E-state index in [9.17, 15) is 13.2 Å². The monoisotopic (exact) mass is 378 g/mol. The summed E-state index contributed by atoms with van der Waals surface area (Å²) in [5.74, 6) is -0.215. The average molecular weight is 378 g/mol. The molecular formula is C17H22N4O4S. The highest BCUT2D eigenvalue weighted by molar-refractivity contribution is 7.88. The highest BCUT2D eigenvalue weighted by Gasteiger charge is 2.26. The summed E-state index contributed by atoms with van der Waals surface area (Å²) in [5, 5.41) is 6.98. The number of carbonyl (C=O) groups excluding carboxylic acids is 1. The molecular weight excluding hydrogens is 356 g/mol. The van der Waals surface area contributed by atoms with Crippen LogP contribution in [0.4, 0.5) is 0 Å². The van der Waals surface area contributed by atoms with E-state index < -0.39 is 10.0 Å². The van der Waals surface area contributed by atoms with Crippen molar-refractivity contribution >= 4 is 15.9 Å². The van der Waals surface area contributed by atoms with Crippen LogP contribution in [0.15, 0.2) is 42.7 Å². The number of rotatable bonds is 6. The number of hydrogen-bond acceptors (Lipinski definition) is 5. The lowest BCUT2D eigenvalue weighted by atomic mass is 10.1. The lowest BCUT2D eigenvalue weighted by molar-refractivity contribution is 0.000438. The Bertz CT molecular complexity index is 851. The first-order valence-electron chi connectivity index (χ1n) is 8.33. The fourth-order valence-electron chi connectivity index (χ4n) is 2.82. The van der Waals surface area contributed by atoms with E-state index in [1.54, 1.807) is 16.9 Å². The smallest absolute Gasteiger partial charge is 0.251 e. The van der Waals surface area contributed by atoms with E-state index in [1.807, 2.05) is 30.5 Å². The van der Waals surface area contributed by atoms with E-state index in [0.717, 1.165) is 5.56 Å². The second-order valence-corrected chi connectivity index (χ2v) is 8.21. The maximum absolute atomic E-state index is 12.4. The summed E-state index contributed by atoms with van der Waals surface area (Å²) >= 11 is 0. The van der Waals surface area contributed by atoms with Gasteiger partial charge in [-0.25, -0.2) is 8.42 Å². The third-order valence-electron chi connectivity index (χ3n) is 4.15. The Hall–Kier alpha value is -2.23. The molecule has 1 aliphatic rings. The van der Waals surface area contributed by atoms with E-state index in [1.165, 1.54) is 10.6 Å². The molecule has 9 heteroatoms. The molecule has 0 aliphatic carbocycles. The van der Waals surface area contributed by atoms with Gasteiger partial charge in [0.1, 0.15) is 0 Å². The standard InChI is InChI=1S/C17H22N4O4S/c1-26(23,24)21-8-9-25-16(13-21)11-18-17(22)15-5-2-4-14(10-15)12-20-7-3-6-19-20/h2-7,10,16H,8-9,11-13H2,1H3,(H,18,22). The summed E-state index contributed by atoms with van der Waals surface area (Å²) < 4.78 is 32.0. The van der Waals surface area contributed by atoms with Crippen molar-refractivity contribution in [3.05, 3.63) is 53.9 Å². The maximum Gasteiger partial charge on any atom is 0.251 e. The van der Waals surface area contributed by atoms with E-state index in [0.29, 0.717) is 25.3 Å². The molecule has 0 saturated carbocycles. The number of nitrogens with zero attached hydrogens (tertiary/aromatic N) is 3. The number of aromatic nitrogens is 2. The van der Waals surface area contributed by atoms with Crippen LogP contribution in [-0.2, 0) is 21.3 Å². The zero-order chi connectivity index (χ0) is 18.6. The van der Waals surface area contributed by atoms with Crippen molar-refractivity contribution in [2.75, 3.05) is 32.5 Å². The summed E-state index contributed by atoms with van der Waals surface area (Å²) in [6, 6.07) is 9.18. The molecule has 0 bridgehead atoms. The zero-order valence-electron chi connectivity index (χ0n) is 14.5. The lowest BCUT2D eigenvalue weighted by Crippen LogP contribution is -2.49. The van der Waals surface area contributed by atoms with Crippen LogP contribution in [0.3, 0.4) is 0 Å². The quantitative estimate of drug-likeness (QED) is 0.781. The first-order chi connectivity index (χ1) is 12.4. The van der Waals surface area contributed by atoms with Gasteiger partial charge in [-0.3, -0.25) is 9.48 Å². The van der Waals surface area contributed by atoms with Gasteiger partial charge in [0.05, 0.1) is 25.5 Å². The number of amides is 1. The molecule has 1 saturated heterocycles. The minimum absolute atomic E-state index is 0.215. The van der Waals surface area contributed by atoms with Gasteiger partial charge in [0, 0.05) is 37.6 Å². The number of nitrogens with one attached hydrogen (secondary N) is 1. The Balaban J connectivity index is 1.56. The topological polar surface area (TPSA) is 93.5 Å². The Labute approximate surface area is 152 Å². The molecule has 1 unspecified atom stereocenters. The summed E-state index contributed by atoms with van der Waals surface area (Å²) in [4.78, 5) is 12.4. The van der Waals surface area contributed by atoms with Crippen LogP contribution in [0.1, 0.15) is 15.9 Å². The fraction of sp³-hybridized carbons (Fsp3) is 0.412. The Morgan fingerprint density at radius 3 is 2.96 bits per heavy atom. The summed E-state index contributed by atoms with van der Waals surface area (Å²) in [7, 11) is -3.25. The largest absolute Gasteiger partial charge is 0.374 e. The van der Waals surface area contributed by atoms with Gasteiger partial charge in [-0.15, -0.1) is 0 Å². The predicted octanol–water partition coefficient (Wildman–Crippen LogP) is 0.322. The van der Waals surface area contributed by atoms with Crippen LogP contribution < -0.4 is 5.32 Å². The third-order valence-corrected chi connectivity index (χ3v) is 5.42. The molecule has 0 spiro atoms. The Morgan fingerprint density at radius 2 is 2.23 bits per heavy atom. The minimum atomic E-state index is -3.25. The number of hydrogen-bond donors (Lipinski definition) is 1. The van der Waals surface area contributed by atoms with Crippen LogP contribution in [0.2, 0.25) is 0 Å². The van der Waals surface area contributed by atoms with Crippen molar-refractivity contribution in [3.8, 4) is 0 Å². The average Bonchev–Trinajstić information content (AvgIpc) is 3.12. The fourth-order valence-corrected chi connectivity index (χ4v) is 3.66. The van der Waals surface area contributed by atoms with Crippen LogP contribution in [0, 0.1) is 0 Å². The van der Waals surface area contributed by atoms with Gasteiger partial charge >= 0.3 is 0 Å². The molecule has 1 atom stereocenters. The highest BCUT2D eigenvalue weighted by atomic mass is 32.2. The molecule has 2 aromatic rings. The van der Waals surface area contributed by atoms with Crippen molar-refractivity contribution in [2.45, 2.75) is 12.6 Å². The van der Waals surface area contributed by atoms with Crippen molar-refractivity contribution in [1.29, 1.82) is 0 Å². The number of benzene rings is 1. The molecule has 1 aromatic carbocycles. The maximum atomic E-state index is 12.4. The third kappa shape index (κ3) is 4.90. The normalized spacial score (nSPS) is 18.6. The SMILES string of the molecule is CS(=O)(=O)N1CCOC(CNC(=O)c2cccc(Cn3cccn3)c2)C1. The van der Waals surface area contributed by atoms with E-state index in [-0.39, 0.29) is 25.1 Å². The Morgan fingerprint density at radius 1 is 1.38 bits per heavy atom. The number of morpholine rings is 1. The number of sulfonamides is 1. The molecule has 140 valence electrons. The van der Waals surface area contributed by atoms with Crippen LogP contribution in [0.5, 0.6) is 0 Å². The van der Waals surface area contributed by atoms with Crippen LogP contribution in [-0.4, -0.2) is 67.0 Å². The molecule has 26 heavy (non-hydrogen) atoms. The predicted molar refractivity (Wildman–Crippen MR) is 96.3 cm³/mol. The van der Waals surface area contributed by atoms with Crippen molar-refractivity contribution in [2.24, 2.45) is 0 Å². The van der Waals surface area contributed by atoms with Crippen molar-refractivity contribution in [3.63, 3.8) is 0 Å². The molecule has 3 rings (SSSR count). The van der Waals surface area contributed by atoms with E-state index in [4.69, 9.17) is 4.74 Å². The first kappa shape index (κ1) is 18.6. The molecule has 1 N–H and O–H groups in total. The highest BCUT2D eigenvalue weighted by Crippen LogP contribution is 2.10. The van der Waals surface area contributed by atoms with Gasteiger partial charge in [-0.2, -0.15) is 9.40 Å². The second kappa shape index (κ2) is 7.98. The second-order valence-electron chi connectivity index (χ2n) is 6.23. The first-order valence-corrected chi connectivity index (χ1v) is 10.2. The summed E-state index contributed by atoms with van der Waals surface area (Å²) in [5.41, 5.74) is 1.52. The molecule has 8 nitrogen and oxygen atoms in total. The van der Waals surface area contributed by atoms with Crippen LogP contribution >= 0.6 is 0 Å². The zero-order valence-corrected chi connectivity index (χ0v) is 15.4. The molecule has 1 fully saturated rings. The molecule has 1 amide bonds. The minimum Gasteiger partial charge on any atom is -0.374 e. The van der Waals surface area contributed by atoms with Gasteiger partial charge in [0.15, 0.2) is 0 Å². The summed E-state index contributed by atoms with van der Waals surface area (Å²) in [6.07, 6.45) is 4.40. The van der Waals surface area contributed by atoms with E-state index in [2.05, 4.69) is 10.4 Å². The van der Waals surface area contributed by atoms with Gasteiger partial charge in [0.2, 0.25) is 10.0 Å². The Kier molecular flexibility index (Phi) is 5.70. The molecule has 2 heterocycles. The van der Waals surface area contributed by atoms with Crippen LogP contribution in [0.25, 0.3) is 0 Å².